The molecule has 0 aromatic heterocycles. The highest BCUT2D eigenvalue weighted by atomic mass is 35.5. The molecule has 1 fully saturated rings. The van der Waals surface area contributed by atoms with Crippen molar-refractivity contribution in [3.63, 3.8) is 0 Å². The van der Waals surface area contributed by atoms with Crippen LogP contribution in [0.1, 0.15) is 46.5 Å². The molecule has 0 heterocycles. The molecule has 1 amide bonds. The van der Waals surface area contributed by atoms with E-state index < -0.39 is 14.8 Å². The molecule has 8 heteroatoms. The molecule has 1 saturated carbocycles. The topological polar surface area (TPSA) is 75.3 Å². The Hall–Kier alpha value is -0.820. The minimum absolute atomic E-state index is 0.0960. The number of anilines is 1. The van der Waals surface area contributed by atoms with Crippen LogP contribution in [0, 0.1) is 5.92 Å². The molecular formula is C17H24Cl2N2O3S. The third-order valence-electron chi connectivity index (χ3n) is 4.41. The summed E-state index contributed by atoms with van der Waals surface area (Å²) in [5.41, 5.74) is 0.534. The Morgan fingerprint density at radius 1 is 1.12 bits per heavy atom. The van der Waals surface area contributed by atoms with Crippen LogP contribution in [-0.2, 0) is 14.8 Å². The van der Waals surface area contributed by atoms with E-state index in [4.69, 9.17) is 23.2 Å². The van der Waals surface area contributed by atoms with Crippen molar-refractivity contribution in [3.8, 4) is 0 Å². The van der Waals surface area contributed by atoms with E-state index in [1.54, 1.807) is 39.0 Å². The lowest BCUT2D eigenvalue weighted by molar-refractivity contribution is -0.120. The fourth-order valence-electron chi connectivity index (χ4n) is 2.70. The Kier molecular flexibility index (Phi) is 6.41. The number of nitrogens with one attached hydrogen (secondary N) is 2. The lowest BCUT2D eigenvalue weighted by atomic mass is 9.86. The lowest BCUT2D eigenvalue weighted by Gasteiger charge is -2.30. The molecule has 25 heavy (non-hydrogen) atoms. The van der Waals surface area contributed by atoms with Gasteiger partial charge in [-0.3, -0.25) is 4.79 Å². The maximum atomic E-state index is 12.4. The summed E-state index contributed by atoms with van der Waals surface area (Å²) < 4.78 is 26.4. The van der Waals surface area contributed by atoms with Gasteiger partial charge in [-0.05, 0) is 64.7 Å². The maximum absolute atomic E-state index is 12.4. The number of amides is 1. The van der Waals surface area contributed by atoms with Crippen LogP contribution in [0.25, 0.3) is 0 Å². The van der Waals surface area contributed by atoms with Crippen LogP contribution in [0.4, 0.5) is 5.69 Å². The third-order valence-corrected chi connectivity index (χ3v) is 7.22. The second-order valence-corrected chi connectivity index (χ2v) is 10.7. The number of benzene rings is 1. The largest absolute Gasteiger partial charge is 0.325 e. The molecule has 0 saturated heterocycles. The maximum Gasteiger partial charge on any atom is 0.227 e. The highest BCUT2D eigenvalue weighted by molar-refractivity contribution is 7.90. The van der Waals surface area contributed by atoms with E-state index in [-0.39, 0.29) is 17.9 Å². The van der Waals surface area contributed by atoms with Crippen LogP contribution in [0.2, 0.25) is 10.0 Å². The van der Waals surface area contributed by atoms with E-state index in [2.05, 4.69) is 10.0 Å². The minimum Gasteiger partial charge on any atom is -0.325 e. The average Bonchev–Trinajstić information content (AvgIpc) is 2.49. The molecule has 1 aliphatic rings. The van der Waals surface area contributed by atoms with Gasteiger partial charge in [0.2, 0.25) is 15.9 Å². The summed E-state index contributed by atoms with van der Waals surface area (Å²) >= 11 is 11.9. The summed E-state index contributed by atoms with van der Waals surface area (Å²) in [7, 11) is -3.37. The normalized spacial score (nSPS) is 21.8. The van der Waals surface area contributed by atoms with E-state index in [0.29, 0.717) is 41.4 Å². The summed E-state index contributed by atoms with van der Waals surface area (Å²) in [6.45, 7) is 5.01. The summed E-state index contributed by atoms with van der Waals surface area (Å²) in [4.78, 5) is 12.4. The van der Waals surface area contributed by atoms with Gasteiger partial charge in [-0.2, -0.15) is 0 Å². The zero-order chi connectivity index (χ0) is 18.8. The van der Waals surface area contributed by atoms with Crippen molar-refractivity contribution in [2.45, 2.75) is 57.2 Å². The first-order valence-corrected chi connectivity index (χ1v) is 10.5. The number of carbonyl (C=O) groups is 1. The molecule has 2 N–H and O–H groups in total. The molecular weight excluding hydrogens is 383 g/mol. The van der Waals surface area contributed by atoms with Crippen molar-refractivity contribution < 1.29 is 13.2 Å². The van der Waals surface area contributed by atoms with Crippen LogP contribution in [0.5, 0.6) is 0 Å². The molecule has 0 unspecified atom stereocenters. The SMILES string of the molecule is CC(C)(C)S(=O)(=O)NC1CCC(C(=O)Nc2ccc(Cl)cc2Cl)CC1. The van der Waals surface area contributed by atoms with Crippen molar-refractivity contribution in [2.24, 2.45) is 5.92 Å². The van der Waals surface area contributed by atoms with Crippen molar-refractivity contribution >= 4 is 44.8 Å². The van der Waals surface area contributed by atoms with Gasteiger partial charge in [0.05, 0.1) is 15.5 Å². The van der Waals surface area contributed by atoms with E-state index in [1.807, 2.05) is 0 Å². The van der Waals surface area contributed by atoms with E-state index >= 15 is 0 Å². The minimum atomic E-state index is -3.37. The molecule has 0 spiro atoms. The van der Waals surface area contributed by atoms with E-state index in [1.165, 1.54) is 0 Å². The van der Waals surface area contributed by atoms with Gasteiger partial charge in [-0.15, -0.1) is 0 Å². The van der Waals surface area contributed by atoms with E-state index in [9.17, 15) is 13.2 Å². The summed E-state index contributed by atoms with van der Waals surface area (Å²) in [5.74, 6) is -0.247. The first kappa shape index (κ1) is 20.5. The van der Waals surface area contributed by atoms with Gasteiger partial charge in [0, 0.05) is 17.0 Å². The zero-order valence-electron chi connectivity index (χ0n) is 14.6. The molecule has 140 valence electrons. The number of hydrogen-bond acceptors (Lipinski definition) is 3. The first-order valence-electron chi connectivity index (χ1n) is 8.27. The molecule has 1 aromatic rings. The standard InChI is InChI=1S/C17H24Cl2N2O3S/c1-17(2,3)25(23,24)21-13-7-4-11(5-8-13)16(22)20-15-9-6-12(18)10-14(15)19/h6,9-11,13,21H,4-5,7-8H2,1-3H3,(H,20,22). The molecule has 0 bridgehead atoms. The Bertz CT molecular complexity index is 737. The summed E-state index contributed by atoms with van der Waals surface area (Å²) in [5, 5.41) is 3.73. The smallest absolute Gasteiger partial charge is 0.227 e. The van der Waals surface area contributed by atoms with Crippen molar-refractivity contribution in [1.82, 2.24) is 4.72 Å². The quantitative estimate of drug-likeness (QED) is 0.785. The Morgan fingerprint density at radius 2 is 1.72 bits per heavy atom. The number of sulfonamides is 1. The second-order valence-electron chi connectivity index (χ2n) is 7.40. The first-order chi connectivity index (χ1) is 11.5. The Labute approximate surface area is 159 Å². The lowest BCUT2D eigenvalue weighted by Crippen LogP contribution is -2.46. The molecule has 1 aromatic carbocycles. The highest BCUT2D eigenvalue weighted by Crippen LogP contribution is 2.30. The number of halogens is 2. The molecule has 1 aliphatic carbocycles. The molecule has 0 atom stereocenters. The van der Waals surface area contributed by atoms with Crippen molar-refractivity contribution in [2.75, 3.05) is 5.32 Å². The van der Waals surface area contributed by atoms with Crippen LogP contribution < -0.4 is 10.0 Å². The Balaban J connectivity index is 1.90. The predicted molar refractivity (Wildman–Crippen MR) is 103 cm³/mol. The molecule has 0 aliphatic heterocycles. The van der Waals surface area contributed by atoms with Crippen molar-refractivity contribution in [3.05, 3.63) is 28.2 Å². The number of hydrogen-bond donors (Lipinski definition) is 2. The van der Waals surface area contributed by atoms with E-state index in [0.717, 1.165) is 0 Å². The number of rotatable bonds is 4. The monoisotopic (exact) mass is 406 g/mol. The fourth-order valence-corrected chi connectivity index (χ4v) is 4.18. The van der Waals surface area contributed by atoms with Gasteiger partial charge in [0.15, 0.2) is 0 Å². The van der Waals surface area contributed by atoms with Gasteiger partial charge >= 0.3 is 0 Å². The van der Waals surface area contributed by atoms with Gasteiger partial charge in [-0.25, -0.2) is 13.1 Å². The van der Waals surface area contributed by atoms with Gasteiger partial charge < -0.3 is 5.32 Å². The van der Waals surface area contributed by atoms with Crippen molar-refractivity contribution in [1.29, 1.82) is 0 Å². The zero-order valence-corrected chi connectivity index (χ0v) is 16.9. The highest BCUT2D eigenvalue weighted by Gasteiger charge is 2.34. The third kappa shape index (κ3) is 5.33. The van der Waals surface area contributed by atoms with Gasteiger partial charge in [0.25, 0.3) is 0 Å². The molecule has 5 nitrogen and oxygen atoms in total. The van der Waals surface area contributed by atoms with Gasteiger partial charge in [0.1, 0.15) is 0 Å². The Morgan fingerprint density at radius 3 is 2.24 bits per heavy atom. The fraction of sp³-hybridized carbons (Fsp3) is 0.588. The van der Waals surface area contributed by atoms with Crippen LogP contribution in [-0.4, -0.2) is 25.1 Å². The average molecular weight is 407 g/mol. The summed E-state index contributed by atoms with van der Waals surface area (Å²) in [6.07, 6.45) is 2.55. The molecule has 0 radical (unpaired) electrons. The van der Waals surface area contributed by atoms with Crippen LogP contribution in [0.15, 0.2) is 18.2 Å². The van der Waals surface area contributed by atoms with Gasteiger partial charge in [-0.1, -0.05) is 23.2 Å². The van der Waals surface area contributed by atoms with Crippen LogP contribution >= 0.6 is 23.2 Å². The molecule has 2 rings (SSSR count). The number of carbonyl (C=O) groups excluding carboxylic acids is 1. The second kappa shape index (κ2) is 7.82. The summed E-state index contributed by atoms with van der Waals surface area (Å²) in [6, 6.07) is 4.80. The van der Waals surface area contributed by atoms with Crippen LogP contribution in [0.3, 0.4) is 0 Å². The predicted octanol–water partition coefficient (Wildman–Crippen LogP) is 4.21.